The summed E-state index contributed by atoms with van der Waals surface area (Å²) >= 11 is 7.48. The summed E-state index contributed by atoms with van der Waals surface area (Å²) in [6.07, 6.45) is 3.47. The minimum atomic E-state index is -0.183. The molecule has 0 unspecified atom stereocenters. The molecule has 0 spiro atoms. The first-order valence-electron chi connectivity index (χ1n) is 10.2. The van der Waals surface area contributed by atoms with Crippen LogP contribution in [0.15, 0.2) is 72.1 Å². The van der Waals surface area contributed by atoms with E-state index in [9.17, 15) is 4.79 Å². The first kappa shape index (κ1) is 22.8. The number of amides is 1. The molecule has 0 radical (unpaired) electrons. The minimum absolute atomic E-state index is 0.158. The van der Waals surface area contributed by atoms with E-state index < -0.39 is 0 Å². The van der Waals surface area contributed by atoms with Gasteiger partial charge in [-0.3, -0.25) is 14.3 Å². The molecule has 7 nitrogen and oxygen atoms in total. The van der Waals surface area contributed by atoms with Crippen molar-refractivity contribution in [1.82, 2.24) is 19.7 Å². The first-order valence-corrected chi connectivity index (χ1v) is 11.6. The number of methoxy groups -OCH3 is 1. The van der Waals surface area contributed by atoms with Gasteiger partial charge in [0.2, 0.25) is 5.91 Å². The number of aryl methyl sites for hydroxylation is 1. The third kappa shape index (κ3) is 5.53. The molecule has 1 amide bonds. The predicted octanol–water partition coefficient (Wildman–Crippen LogP) is 5.09. The number of anilines is 1. The van der Waals surface area contributed by atoms with Crippen molar-refractivity contribution in [3.05, 3.63) is 83.1 Å². The van der Waals surface area contributed by atoms with Gasteiger partial charge >= 0.3 is 0 Å². The Morgan fingerprint density at radius 2 is 1.97 bits per heavy atom. The van der Waals surface area contributed by atoms with Crippen molar-refractivity contribution < 1.29 is 9.53 Å². The van der Waals surface area contributed by atoms with Gasteiger partial charge in [0, 0.05) is 29.0 Å². The lowest BCUT2D eigenvalue weighted by atomic mass is 10.2. The van der Waals surface area contributed by atoms with E-state index in [1.165, 1.54) is 18.9 Å². The van der Waals surface area contributed by atoms with Crippen LogP contribution in [0, 0.1) is 6.92 Å². The minimum Gasteiger partial charge on any atom is -0.495 e. The van der Waals surface area contributed by atoms with Crippen LogP contribution in [0.4, 0.5) is 5.69 Å². The number of hydrogen-bond acceptors (Lipinski definition) is 6. The van der Waals surface area contributed by atoms with E-state index in [0.29, 0.717) is 34.0 Å². The number of hydrogen-bond donors (Lipinski definition) is 1. The number of nitrogens with zero attached hydrogens (tertiary/aromatic N) is 4. The van der Waals surface area contributed by atoms with Gasteiger partial charge in [-0.05, 0) is 36.2 Å². The molecule has 33 heavy (non-hydrogen) atoms. The summed E-state index contributed by atoms with van der Waals surface area (Å²) in [5.41, 5.74) is 3.39. The van der Waals surface area contributed by atoms with E-state index in [1.807, 2.05) is 54.0 Å². The number of carbonyl (C=O) groups excluding carboxylic acids is 1. The molecular weight excluding hydrogens is 458 g/mol. The largest absolute Gasteiger partial charge is 0.495 e. The van der Waals surface area contributed by atoms with Gasteiger partial charge in [-0.1, -0.05) is 53.7 Å². The molecule has 0 saturated heterocycles. The second kappa shape index (κ2) is 10.5. The van der Waals surface area contributed by atoms with Crippen LogP contribution in [0.25, 0.3) is 11.4 Å². The van der Waals surface area contributed by atoms with Crippen LogP contribution in [-0.4, -0.2) is 38.5 Å². The average molecular weight is 480 g/mol. The van der Waals surface area contributed by atoms with Gasteiger partial charge < -0.3 is 10.1 Å². The lowest BCUT2D eigenvalue weighted by molar-refractivity contribution is -0.113. The summed E-state index contributed by atoms with van der Waals surface area (Å²) in [7, 11) is 1.54. The highest BCUT2D eigenvalue weighted by molar-refractivity contribution is 7.99. The average Bonchev–Trinajstić information content (AvgIpc) is 3.23. The van der Waals surface area contributed by atoms with E-state index in [2.05, 4.69) is 20.5 Å². The maximum Gasteiger partial charge on any atom is 0.234 e. The number of halogens is 1. The molecule has 4 rings (SSSR count). The Balaban J connectivity index is 1.54. The number of nitrogens with one attached hydrogen (secondary N) is 1. The zero-order chi connectivity index (χ0) is 23.2. The number of rotatable bonds is 8. The quantitative estimate of drug-likeness (QED) is 0.354. The Bertz CT molecular complexity index is 1250. The van der Waals surface area contributed by atoms with Crippen LogP contribution >= 0.6 is 23.4 Å². The van der Waals surface area contributed by atoms with E-state index in [-0.39, 0.29) is 11.7 Å². The molecule has 0 atom stereocenters. The summed E-state index contributed by atoms with van der Waals surface area (Å²) in [6, 6.07) is 17.3. The van der Waals surface area contributed by atoms with Gasteiger partial charge in [0.05, 0.1) is 25.1 Å². The fourth-order valence-electron chi connectivity index (χ4n) is 3.26. The van der Waals surface area contributed by atoms with Crippen molar-refractivity contribution in [1.29, 1.82) is 0 Å². The molecule has 2 aromatic carbocycles. The normalized spacial score (nSPS) is 10.8. The zero-order valence-corrected chi connectivity index (χ0v) is 19.7. The fourth-order valence-corrected chi connectivity index (χ4v) is 4.15. The Kier molecular flexibility index (Phi) is 7.26. The fraction of sp³-hybridized carbons (Fsp3) is 0.167. The van der Waals surface area contributed by atoms with Gasteiger partial charge in [0.1, 0.15) is 5.75 Å². The maximum absolute atomic E-state index is 12.7. The third-order valence-electron chi connectivity index (χ3n) is 4.91. The Morgan fingerprint density at radius 1 is 1.15 bits per heavy atom. The molecule has 0 saturated carbocycles. The summed E-state index contributed by atoms with van der Waals surface area (Å²) in [6.45, 7) is 2.45. The van der Waals surface area contributed by atoms with Gasteiger partial charge in [0.15, 0.2) is 11.0 Å². The lowest BCUT2D eigenvalue weighted by Crippen LogP contribution is -2.15. The molecule has 1 N–H and O–H groups in total. The van der Waals surface area contributed by atoms with Crippen LogP contribution in [0.2, 0.25) is 5.02 Å². The lowest BCUT2D eigenvalue weighted by Gasteiger charge is -2.13. The van der Waals surface area contributed by atoms with Crippen LogP contribution in [0.5, 0.6) is 5.75 Å². The molecule has 0 aliphatic heterocycles. The number of aromatic nitrogens is 4. The SMILES string of the molecule is COc1cc(Cl)c(C)cc1NC(=O)CSc1nnc(-c2cccnc2)n1Cc1ccccc1. The molecule has 4 aromatic rings. The molecule has 168 valence electrons. The van der Waals surface area contributed by atoms with Crippen LogP contribution in [-0.2, 0) is 11.3 Å². The second-order valence-corrected chi connectivity index (χ2v) is 8.61. The predicted molar refractivity (Wildman–Crippen MR) is 131 cm³/mol. The van der Waals surface area contributed by atoms with Crippen molar-refractivity contribution in [2.75, 3.05) is 18.2 Å². The summed E-state index contributed by atoms with van der Waals surface area (Å²) in [4.78, 5) is 16.9. The molecule has 0 aliphatic carbocycles. The maximum atomic E-state index is 12.7. The number of benzene rings is 2. The van der Waals surface area contributed by atoms with E-state index >= 15 is 0 Å². The van der Waals surface area contributed by atoms with Crippen molar-refractivity contribution in [2.24, 2.45) is 0 Å². The number of pyridine rings is 1. The van der Waals surface area contributed by atoms with E-state index in [1.54, 1.807) is 24.5 Å². The first-order chi connectivity index (χ1) is 16.0. The molecule has 2 aromatic heterocycles. The van der Waals surface area contributed by atoms with Crippen molar-refractivity contribution in [2.45, 2.75) is 18.6 Å². The number of carbonyl (C=O) groups is 1. The van der Waals surface area contributed by atoms with Crippen LogP contribution in [0.3, 0.4) is 0 Å². The number of thioether (sulfide) groups is 1. The molecular formula is C24H22ClN5O2S. The Morgan fingerprint density at radius 3 is 2.70 bits per heavy atom. The Hall–Kier alpha value is -3.36. The zero-order valence-electron chi connectivity index (χ0n) is 18.2. The van der Waals surface area contributed by atoms with Gasteiger partial charge in [-0.25, -0.2) is 0 Å². The number of ether oxygens (including phenoxy) is 1. The smallest absolute Gasteiger partial charge is 0.234 e. The highest BCUT2D eigenvalue weighted by atomic mass is 35.5. The van der Waals surface area contributed by atoms with Crippen LogP contribution in [0.1, 0.15) is 11.1 Å². The molecule has 2 heterocycles. The molecule has 9 heteroatoms. The highest BCUT2D eigenvalue weighted by Crippen LogP contribution is 2.31. The van der Waals surface area contributed by atoms with Crippen molar-refractivity contribution in [3.8, 4) is 17.1 Å². The summed E-state index contributed by atoms with van der Waals surface area (Å²) in [5, 5.41) is 12.9. The van der Waals surface area contributed by atoms with E-state index in [0.717, 1.165) is 16.7 Å². The standard InChI is InChI=1S/C24H22ClN5O2S/c1-16-11-20(21(32-2)12-19(16)25)27-22(31)15-33-24-29-28-23(18-9-6-10-26-13-18)30(24)14-17-7-4-3-5-8-17/h3-13H,14-15H2,1-2H3,(H,27,31). The molecule has 0 bridgehead atoms. The topological polar surface area (TPSA) is 81.9 Å². The third-order valence-corrected chi connectivity index (χ3v) is 6.28. The van der Waals surface area contributed by atoms with Gasteiger partial charge in [-0.15, -0.1) is 10.2 Å². The summed E-state index contributed by atoms with van der Waals surface area (Å²) in [5.74, 6) is 1.18. The Labute approximate surface area is 201 Å². The van der Waals surface area contributed by atoms with Crippen molar-refractivity contribution >= 4 is 35.0 Å². The van der Waals surface area contributed by atoms with Gasteiger partial charge in [-0.2, -0.15) is 0 Å². The monoisotopic (exact) mass is 479 g/mol. The second-order valence-electron chi connectivity index (χ2n) is 7.26. The van der Waals surface area contributed by atoms with E-state index in [4.69, 9.17) is 16.3 Å². The van der Waals surface area contributed by atoms with Gasteiger partial charge in [0.25, 0.3) is 0 Å². The summed E-state index contributed by atoms with van der Waals surface area (Å²) < 4.78 is 7.34. The molecule has 0 aliphatic rings. The molecule has 0 fully saturated rings. The highest BCUT2D eigenvalue weighted by Gasteiger charge is 2.17. The van der Waals surface area contributed by atoms with Crippen LogP contribution < -0.4 is 10.1 Å². The van der Waals surface area contributed by atoms with Crippen molar-refractivity contribution in [3.63, 3.8) is 0 Å².